The van der Waals surface area contributed by atoms with Crippen molar-refractivity contribution in [2.75, 3.05) is 26.6 Å². The number of nitrogens with one attached hydrogen (secondary N) is 1. The Labute approximate surface area is 154 Å². The molecule has 2 rings (SSSR count). The van der Waals surface area contributed by atoms with Crippen molar-refractivity contribution in [3.8, 4) is 17.2 Å². The summed E-state index contributed by atoms with van der Waals surface area (Å²) in [6.45, 7) is 0. The van der Waals surface area contributed by atoms with Crippen molar-refractivity contribution in [2.45, 2.75) is 6.18 Å². The number of carbonyl (C=O) groups excluding carboxylic acids is 1. The Morgan fingerprint density at radius 1 is 1.00 bits per heavy atom. The first-order chi connectivity index (χ1) is 12.8. The molecule has 1 amide bonds. The van der Waals surface area contributed by atoms with Crippen LogP contribution in [0, 0.1) is 0 Å². The van der Waals surface area contributed by atoms with E-state index in [9.17, 15) is 18.0 Å². The van der Waals surface area contributed by atoms with Crippen LogP contribution in [0.4, 0.5) is 18.9 Å². The SMILES string of the molecule is COc1cc(/C=C/C(=O)Nc2cccc(C(F)(F)F)c2)cc(OC)c1OC. The molecule has 0 aliphatic rings. The lowest BCUT2D eigenvalue weighted by molar-refractivity contribution is -0.137. The van der Waals surface area contributed by atoms with Crippen molar-refractivity contribution in [3.63, 3.8) is 0 Å². The van der Waals surface area contributed by atoms with Crippen molar-refractivity contribution >= 4 is 17.7 Å². The summed E-state index contributed by atoms with van der Waals surface area (Å²) < 4.78 is 53.8. The summed E-state index contributed by atoms with van der Waals surface area (Å²) in [6.07, 6.45) is -1.80. The standard InChI is InChI=1S/C19H18F3NO4/c1-25-15-9-12(10-16(26-2)18(15)27-3)7-8-17(24)23-14-6-4-5-13(11-14)19(20,21)22/h4-11H,1-3H3,(H,23,24)/b8-7+. The number of rotatable bonds is 6. The third-order valence-electron chi connectivity index (χ3n) is 3.57. The fraction of sp³-hybridized carbons (Fsp3) is 0.211. The van der Waals surface area contributed by atoms with Crippen LogP contribution in [0.15, 0.2) is 42.5 Å². The van der Waals surface area contributed by atoms with Crippen LogP contribution in [-0.4, -0.2) is 27.2 Å². The predicted molar refractivity (Wildman–Crippen MR) is 95.2 cm³/mol. The van der Waals surface area contributed by atoms with Gasteiger partial charge in [-0.3, -0.25) is 4.79 Å². The van der Waals surface area contributed by atoms with Gasteiger partial charge in [-0.25, -0.2) is 0 Å². The average Bonchev–Trinajstić information content (AvgIpc) is 2.64. The van der Waals surface area contributed by atoms with E-state index in [1.165, 1.54) is 45.6 Å². The lowest BCUT2D eigenvalue weighted by Crippen LogP contribution is -2.10. The van der Waals surface area contributed by atoms with Crippen molar-refractivity contribution in [1.29, 1.82) is 0 Å². The lowest BCUT2D eigenvalue weighted by atomic mass is 10.1. The van der Waals surface area contributed by atoms with Gasteiger partial charge >= 0.3 is 6.18 Å². The summed E-state index contributed by atoms with van der Waals surface area (Å²) in [4.78, 5) is 12.0. The Morgan fingerprint density at radius 3 is 2.15 bits per heavy atom. The highest BCUT2D eigenvalue weighted by Crippen LogP contribution is 2.38. The van der Waals surface area contributed by atoms with Crippen molar-refractivity contribution in [2.24, 2.45) is 0 Å². The number of methoxy groups -OCH3 is 3. The predicted octanol–water partition coefficient (Wildman–Crippen LogP) is 4.38. The molecule has 2 aromatic carbocycles. The van der Waals surface area contributed by atoms with Crippen LogP contribution in [0.1, 0.15) is 11.1 Å². The van der Waals surface area contributed by atoms with Gasteiger partial charge in [0, 0.05) is 11.8 Å². The molecule has 144 valence electrons. The largest absolute Gasteiger partial charge is 0.493 e. The van der Waals surface area contributed by atoms with Gasteiger partial charge in [0.1, 0.15) is 0 Å². The Morgan fingerprint density at radius 2 is 1.63 bits per heavy atom. The number of carbonyl (C=O) groups is 1. The molecule has 0 saturated heterocycles. The van der Waals surface area contributed by atoms with E-state index in [4.69, 9.17) is 14.2 Å². The van der Waals surface area contributed by atoms with E-state index in [1.54, 1.807) is 12.1 Å². The monoisotopic (exact) mass is 381 g/mol. The molecule has 0 radical (unpaired) electrons. The maximum absolute atomic E-state index is 12.7. The van der Waals surface area contributed by atoms with Gasteiger partial charge in [0.05, 0.1) is 26.9 Å². The highest BCUT2D eigenvalue weighted by molar-refractivity contribution is 6.02. The highest BCUT2D eigenvalue weighted by atomic mass is 19.4. The molecule has 5 nitrogen and oxygen atoms in total. The number of halogens is 3. The third kappa shape index (κ3) is 5.16. The van der Waals surface area contributed by atoms with E-state index in [-0.39, 0.29) is 5.69 Å². The van der Waals surface area contributed by atoms with Gasteiger partial charge < -0.3 is 19.5 Å². The van der Waals surface area contributed by atoms with Crippen LogP contribution in [0.3, 0.4) is 0 Å². The number of hydrogen-bond donors (Lipinski definition) is 1. The summed E-state index contributed by atoms with van der Waals surface area (Å²) >= 11 is 0. The van der Waals surface area contributed by atoms with E-state index in [0.717, 1.165) is 12.1 Å². The van der Waals surface area contributed by atoms with Crippen LogP contribution in [-0.2, 0) is 11.0 Å². The summed E-state index contributed by atoms with van der Waals surface area (Å²) in [5.74, 6) is 0.651. The number of benzene rings is 2. The van der Waals surface area contributed by atoms with Crippen LogP contribution < -0.4 is 19.5 Å². The maximum Gasteiger partial charge on any atom is 0.416 e. The average molecular weight is 381 g/mol. The molecule has 0 fully saturated rings. The van der Waals surface area contributed by atoms with Gasteiger partial charge in [0.2, 0.25) is 11.7 Å². The Kier molecular flexibility index (Phi) is 6.33. The Balaban J connectivity index is 2.18. The molecule has 0 atom stereocenters. The second-order valence-electron chi connectivity index (χ2n) is 5.36. The van der Waals surface area contributed by atoms with E-state index >= 15 is 0 Å². The molecule has 0 aliphatic heterocycles. The normalized spacial score (nSPS) is 11.3. The Hall–Kier alpha value is -3.16. The first kappa shape index (κ1) is 20.2. The van der Waals surface area contributed by atoms with Crippen LogP contribution in [0.2, 0.25) is 0 Å². The minimum atomic E-state index is -4.48. The lowest BCUT2D eigenvalue weighted by Gasteiger charge is -2.12. The molecule has 0 saturated carbocycles. The van der Waals surface area contributed by atoms with Gasteiger partial charge in [-0.2, -0.15) is 13.2 Å². The molecular weight excluding hydrogens is 363 g/mol. The highest BCUT2D eigenvalue weighted by Gasteiger charge is 2.30. The van der Waals surface area contributed by atoms with Crippen molar-refractivity contribution in [1.82, 2.24) is 0 Å². The molecule has 8 heteroatoms. The summed E-state index contributed by atoms with van der Waals surface area (Å²) in [5.41, 5.74) is -0.207. The summed E-state index contributed by atoms with van der Waals surface area (Å²) in [5, 5.41) is 2.39. The molecule has 27 heavy (non-hydrogen) atoms. The number of anilines is 1. The smallest absolute Gasteiger partial charge is 0.416 e. The van der Waals surface area contributed by atoms with E-state index in [0.29, 0.717) is 22.8 Å². The second-order valence-corrected chi connectivity index (χ2v) is 5.36. The zero-order valence-electron chi connectivity index (χ0n) is 14.9. The fourth-order valence-corrected chi connectivity index (χ4v) is 2.33. The molecular formula is C19H18F3NO4. The quantitative estimate of drug-likeness (QED) is 0.755. The topological polar surface area (TPSA) is 56.8 Å². The van der Waals surface area contributed by atoms with Gasteiger partial charge in [-0.15, -0.1) is 0 Å². The van der Waals surface area contributed by atoms with Crippen LogP contribution >= 0.6 is 0 Å². The molecule has 0 spiro atoms. The van der Waals surface area contributed by atoms with Gasteiger partial charge in [-0.05, 0) is 42.0 Å². The van der Waals surface area contributed by atoms with Crippen LogP contribution in [0.5, 0.6) is 17.2 Å². The number of ether oxygens (including phenoxy) is 3. The minimum absolute atomic E-state index is 0.0457. The molecule has 0 bridgehead atoms. The molecule has 0 unspecified atom stereocenters. The maximum atomic E-state index is 12.7. The Bertz CT molecular complexity index is 822. The zero-order chi connectivity index (χ0) is 20.0. The fourth-order valence-electron chi connectivity index (χ4n) is 2.33. The van der Waals surface area contributed by atoms with E-state index in [1.807, 2.05) is 0 Å². The first-order valence-electron chi connectivity index (χ1n) is 7.74. The van der Waals surface area contributed by atoms with Gasteiger partial charge in [-0.1, -0.05) is 6.07 Å². The van der Waals surface area contributed by atoms with Crippen molar-refractivity contribution in [3.05, 3.63) is 53.6 Å². The molecule has 1 N–H and O–H groups in total. The molecule has 2 aromatic rings. The number of alkyl halides is 3. The summed E-state index contributed by atoms with van der Waals surface area (Å²) in [7, 11) is 4.40. The number of hydrogen-bond acceptors (Lipinski definition) is 4. The molecule has 0 aliphatic carbocycles. The van der Waals surface area contributed by atoms with Gasteiger partial charge in [0.25, 0.3) is 0 Å². The van der Waals surface area contributed by atoms with E-state index in [2.05, 4.69) is 5.32 Å². The molecule has 0 aromatic heterocycles. The van der Waals surface area contributed by atoms with E-state index < -0.39 is 17.6 Å². The van der Waals surface area contributed by atoms with Crippen LogP contribution in [0.25, 0.3) is 6.08 Å². The minimum Gasteiger partial charge on any atom is -0.493 e. The molecule has 0 heterocycles. The zero-order valence-corrected chi connectivity index (χ0v) is 14.9. The second kappa shape index (κ2) is 8.48. The first-order valence-corrected chi connectivity index (χ1v) is 7.74. The third-order valence-corrected chi connectivity index (χ3v) is 3.57. The number of amides is 1. The van der Waals surface area contributed by atoms with Crippen molar-refractivity contribution < 1.29 is 32.2 Å². The summed E-state index contributed by atoms with van der Waals surface area (Å²) in [6, 6.07) is 7.67. The van der Waals surface area contributed by atoms with Gasteiger partial charge in [0.15, 0.2) is 11.5 Å².